The van der Waals surface area contributed by atoms with Crippen molar-refractivity contribution in [3.63, 3.8) is 0 Å². The summed E-state index contributed by atoms with van der Waals surface area (Å²) in [5.74, 6) is 1.40. The van der Waals surface area contributed by atoms with Crippen molar-refractivity contribution >= 4 is 34.2 Å². The monoisotopic (exact) mass is 421 g/mol. The van der Waals surface area contributed by atoms with E-state index in [1.165, 1.54) is 18.4 Å². The number of fused-ring (bicyclic) bond motifs is 3. The van der Waals surface area contributed by atoms with E-state index in [1.54, 1.807) is 10.6 Å². The zero-order valence-electron chi connectivity index (χ0n) is 16.8. The molecule has 0 saturated carbocycles. The lowest BCUT2D eigenvalue weighted by Gasteiger charge is -2.21. The zero-order chi connectivity index (χ0) is 20.5. The second kappa shape index (κ2) is 8.11. The zero-order valence-corrected chi connectivity index (χ0v) is 17.6. The Bertz CT molecular complexity index is 1240. The van der Waals surface area contributed by atoms with Gasteiger partial charge < -0.3 is 4.90 Å². The summed E-state index contributed by atoms with van der Waals surface area (Å²) in [6.45, 7) is 2.45. The first-order chi connectivity index (χ1) is 14.7. The summed E-state index contributed by atoms with van der Waals surface area (Å²) in [5.41, 5.74) is 1.91. The molecule has 1 saturated heterocycles. The predicted molar refractivity (Wildman–Crippen MR) is 121 cm³/mol. The molecule has 0 N–H and O–H groups in total. The van der Waals surface area contributed by atoms with Crippen molar-refractivity contribution in [2.24, 2.45) is 0 Å². The van der Waals surface area contributed by atoms with E-state index in [1.807, 2.05) is 34.7 Å². The van der Waals surface area contributed by atoms with Gasteiger partial charge in [0, 0.05) is 24.7 Å². The number of rotatable bonds is 4. The Morgan fingerprint density at radius 2 is 1.70 bits per heavy atom. The first-order valence-corrected chi connectivity index (χ1v) is 11.0. The largest absolute Gasteiger partial charge is 0.341 e. The van der Waals surface area contributed by atoms with Crippen molar-refractivity contribution in [2.45, 2.75) is 38.6 Å². The fourth-order valence-corrected chi connectivity index (χ4v) is 4.50. The van der Waals surface area contributed by atoms with Crippen molar-refractivity contribution in [3.05, 3.63) is 69.5 Å². The van der Waals surface area contributed by atoms with Gasteiger partial charge in [0.05, 0.1) is 10.9 Å². The van der Waals surface area contributed by atoms with Crippen LogP contribution < -0.4 is 10.5 Å². The maximum absolute atomic E-state index is 13.4. The van der Waals surface area contributed by atoms with Crippen molar-refractivity contribution in [1.29, 1.82) is 0 Å². The number of aryl methyl sites for hydroxylation is 2. The van der Waals surface area contributed by atoms with Gasteiger partial charge in [-0.2, -0.15) is 0 Å². The highest BCUT2D eigenvalue weighted by atomic mass is 35.5. The van der Waals surface area contributed by atoms with Gasteiger partial charge in [-0.1, -0.05) is 54.8 Å². The van der Waals surface area contributed by atoms with Gasteiger partial charge >= 0.3 is 0 Å². The molecule has 1 aliphatic rings. The number of nitrogens with zero attached hydrogens (tertiary/aromatic N) is 5. The third kappa shape index (κ3) is 3.45. The van der Waals surface area contributed by atoms with Crippen LogP contribution in [0.3, 0.4) is 0 Å². The quantitative estimate of drug-likeness (QED) is 0.492. The molecule has 30 heavy (non-hydrogen) atoms. The third-order valence-electron chi connectivity index (χ3n) is 5.90. The first kappa shape index (κ1) is 19.1. The summed E-state index contributed by atoms with van der Waals surface area (Å²) in [6, 6.07) is 15.7. The number of halogens is 1. The summed E-state index contributed by atoms with van der Waals surface area (Å²) >= 11 is 6.25. The average Bonchev–Trinajstić information content (AvgIpc) is 3.02. The number of benzene rings is 2. The molecule has 6 nitrogen and oxygen atoms in total. The molecule has 3 heterocycles. The Balaban J connectivity index is 1.68. The molecule has 0 bridgehead atoms. The molecule has 0 atom stereocenters. The van der Waals surface area contributed by atoms with Crippen LogP contribution in [0.5, 0.6) is 0 Å². The van der Waals surface area contributed by atoms with Gasteiger partial charge in [0.2, 0.25) is 11.7 Å². The van der Waals surface area contributed by atoms with Crippen LogP contribution in [-0.2, 0) is 13.0 Å². The molecular formula is C23H24ClN5O. The van der Waals surface area contributed by atoms with Gasteiger partial charge in [-0.05, 0) is 43.0 Å². The average molecular weight is 422 g/mol. The maximum atomic E-state index is 13.4. The summed E-state index contributed by atoms with van der Waals surface area (Å²) in [5, 5.41) is 10.2. The van der Waals surface area contributed by atoms with Crippen LogP contribution in [0, 0.1) is 0 Å². The Morgan fingerprint density at radius 3 is 2.47 bits per heavy atom. The summed E-state index contributed by atoms with van der Waals surface area (Å²) in [7, 11) is 0. The number of anilines is 1. The Hall–Kier alpha value is -2.86. The van der Waals surface area contributed by atoms with Crippen molar-refractivity contribution in [3.8, 4) is 0 Å². The molecule has 0 aliphatic carbocycles. The molecule has 2 aromatic heterocycles. The molecule has 0 radical (unpaired) electrons. The smallest absolute Gasteiger partial charge is 0.262 e. The highest BCUT2D eigenvalue weighted by molar-refractivity contribution is 6.31. The van der Waals surface area contributed by atoms with Crippen LogP contribution in [0.2, 0.25) is 5.02 Å². The molecule has 4 aromatic rings. The molecule has 2 aromatic carbocycles. The lowest BCUT2D eigenvalue weighted by Crippen LogP contribution is -2.28. The van der Waals surface area contributed by atoms with E-state index in [-0.39, 0.29) is 5.56 Å². The van der Waals surface area contributed by atoms with E-state index >= 15 is 0 Å². The van der Waals surface area contributed by atoms with Crippen LogP contribution in [0.25, 0.3) is 16.7 Å². The SMILES string of the molecule is O=c1c2cc(Cl)ccc2n2c(N3CCCCCC3)nnc2n1CCc1ccccc1. The van der Waals surface area contributed by atoms with Crippen LogP contribution in [0.4, 0.5) is 5.95 Å². The minimum absolute atomic E-state index is 0.0780. The van der Waals surface area contributed by atoms with E-state index in [2.05, 4.69) is 27.2 Å². The van der Waals surface area contributed by atoms with Gasteiger partial charge in [-0.25, -0.2) is 4.40 Å². The van der Waals surface area contributed by atoms with E-state index in [9.17, 15) is 4.79 Å². The molecule has 0 spiro atoms. The van der Waals surface area contributed by atoms with E-state index in [0.717, 1.165) is 43.8 Å². The van der Waals surface area contributed by atoms with Crippen LogP contribution in [0.15, 0.2) is 53.3 Å². The van der Waals surface area contributed by atoms with Gasteiger partial charge in [-0.15, -0.1) is 10.2 Å². The topological polar surface area (TPSA) is 55.4 Å². The second-order valence-electron chi connectivity index (χ2n) is 7.89. The van der Waals surface area contributed by atoms with Crippen molar-refractivity contribution in [1.82, 2.24) is 19.2 Å². The summed E-state index contributed by atoms with van der Waals surface area (Å²) in [6.07, 6.45) is 5.52. The molecule has 1 aliphatic heterocycles. The van der Waals surface area contributed by atoms with Crippen molar-refractivity contribution < 1.29 is 0 Å². The van der Waals surface area contributed by atoms with E-state index in [0.29, 0.717) is 22.7 Å². The Kier molecular flexibility index (Phi) is 5.17. The van der Waals surface area contributed by atoms with Gasteiger partial charge in [0.15, 0.2) is 0 Å². The summed E-state index contributed by atoms with van der Waals surface area (Å²) < 4.78 is 3.77. The molecule has 154 valence electrons. The molecular weight excluding hydrogens is 398 g/mol. The lowest BCUT2D eigenvalue weighted by molar-refractivity contribution is 0.677. The molecule has 0 amide bonds. The highest BCUT2D eigenvalue weighted by Gasteiger charge is 2.21. The Morgan fingerprint density at radius 1 is 0.933 bits per heavy atom. The minimum Gasteiger partial charge on any atom is -0.341 e. The maximum Gasteiger partial charge on any atom is 0.262 e. The first-order valence-electron chi connectivity index (χ1n) is 10.6. The van der Waals surface area contributed by atoms with E-state index in [4.69, 9.17) is 11.6 Å². The Labute approximate surface area is 179 Å². The van der Waals surface area contributed by atoms with Gasteiger partial charge in [-0.3, -0.25) is 9.36 Å². The lowest BCUT2D eigenvalue weighted by atomic mass is 10.1. The van der Waals surface area contributed by atoms with Gasteiger partial charge in [0.25, 0.3) is 5.56 Å². The molecule has 7 heteroatoms. The second-order valence-corrected chi connectivity index (χ2v) is 8.33. The fraction of sp³-hybridized carbons (Fsp3) is 0.348. The normalized spacial score (nSPS) is 15.0. The van der Waals surface area contributed by atoms with Crippen LogP contribution in [-0.4, -0.2) is 32.3 Å². The van der Waals surface area contributed by atoms with Gasteiger partial charge in [0.1, 0.15) is 0 Å². The highest BCUT2D eigenvalue weighted by Crippen LogP contribution is 2.24. The van der Waals surface area contributed by atoms with Crippen LogP contribution >= 0.6 is 11.6 Å². The predicted octanol–water partition coefficient (Wildman–Crippen LogP) is 4.32. The van der Waals surface area contributed by atoms with Crippen molar-refractivity contribution in [2.75, 3.05) is 18.0 Å². The fourth-order valence-electron chi connectivity index (χ4n) is 4.33. The van der Waals surface area contributed by atoms with Crippen LogP contribution in [0.1, 0.15) is 31.2 Å². The number of hydrogen-bond acceptors (Lipinski definition) is 4. The molecule has 5 rings (SSSR count). The summed E-state index contributed by atoms with van der Waals surface area (Å²) in [4.78, 5) is 15.7. The minimum atomic E-state index is -0.0780. The molecule has 1 fully saturated rings. The number of aromatic nitrogens is 4. The molecule has 0 unspecified atom stereocenters. The number of hydrogen-bond donors (Lipinski definition) is 0. The van der Waals surface area contributed by atoms with E-state index < -0.39 is 0 Å². The standard InChI is InChI=1S/C23H24ClN5O/c24-18-10-11-20-19(16-18)21(30)28(15-12-17-8-4-3-5-9-17)23-26-25-22(29(20)23)27-13-6-1-2-7-14-27/h3-5,8-11,16H,1-2,6-7,12-15H2. The third-order valence-corrected chi connectivity index (χ3v) is 6.14.